The zero-order valence-electron chi connectivity index (χ0n) is 12.8. The molecule has 8 heteroatoms. The van der Waals surface area contributed by atoms with E-state index >= 15 is 0 Å². The summed E-state index contributed by atoms with van der Waals surface area (Å²) in [6.45, 7) is 1.48. The number of hydrogen-bond acceptors (Lipinski definition) is 6. The van der Waals surface area contributed by atoms with Gasteiger partial charge < -0.3 is 15.7 Å². The second-order valence-electron chi connectivity index (χ2n) is 5.78. The number of nitrogens with zero attached hydrogens (tertiary/aromatic N) is 1. The lowest BCUT2D eigenvalue weighted by molar-refractivity contribution is -0.115. The number of carbonyl (C=O) groups is 3. The van der Waals surface area contributed by atoms with E-state index in [-0.39, 0.29) is 16.5 Å². The summed E-state index contributed by atoms with van der Waals surface area (Å²) < 4.78 is 0. The monoisotopic (exact) mass is 347 g/mol. The molecule has 2 heterocycles. The van der Waals surface area contributed by atoms with Crippen molar-refractivity contribution >= 4 is 40.6 Å². The highest BCUT2D eigenvalue weighted by molar-refractivity contribution is 8.18. The van der Waals surface area contributed by atoms with Gasteiger partial charge in [0.1, 0.15) is 0 Å². The van der Waals surface area contributed by atoms with Crippen LogP contribution in [-0.2, 0) is 4.79 Å². The number of carboxylic acid groups (broad SMARTS) is 1. The van der Waals surface area contributed by atoms with E-state index in [2.05, 4.69) is 10.2 Å². The van der Waals surface area contributed by atoms with E-state index in [9.17, 15) is 19.5 Å². The summed E-state index contributed by atoms with van der Waals surface area (Å²) in [5.41, 5.74) is 7.57. The quantitative estimate of drug-likeness (QED) is 0.712. The standard InChI is InChI=1S/C16H17N3O4S/c17-11-2-1-5-19(8-11)12-4-3-9(15(21)22)6-10(12)7-13-14(20)18-16(23)24-13/h3-4,6-7,11H,1-2,5,8,17H2,(H,21,22)(H,18,20,23). The zero-order chi connectivity index (χ0) is 17.3. The van der Waals surface area contributed by atoms with Crippen LogP contribution >= 0.6 is 11.8 Å². The molecule has 0 aliphatic carbocycles. The third kappa shape index (κ3) is 3.44. The van der Waals surface area contributed by atoms with Crippen molar-refractivity contribution in [3.8, 4) is 0 Å². The lowest BCUT2D eigenvalue weighted by atomic mass is 10.0. The van der Waals surface area contributed by atoms with Crippen molar-refractivity contribution in [1.29, 1.82) is 0 Å². The molecule has 7 nitrogen and oxygen atoms in total. The Hall–Kier alpha value is -2.32. The summed E-state index contributed by atoms with van der Waals surface area (Å²) in [7, 11) is 0. The Balaban J connectivity index is 2.02. The summed E-state index contributed by atoms with van der Waals surface area (Å²) in [5, 5.41) is 11.0. The van der Waals surface area contributed by atoms with E-state index < -0.39 is 17.1 Å². The second kappa shape index (κ2) is 6.66. The van der Waals surface area contributed by atoms with E-state index in [0.717, 1.165) is 36.8 Å². The van der Waals surface area contributed by atoms with Gasteiger partial charge in [0.05, 0.1) is 10.5 Å². The minimum Gasteiger partial charge on any atom is -0.478 e. The Labute approximate surface area is 142 Å². The van der Waals surface area contributed by atoms with E-state index in [4.69, 9.17) is 5.73 Å². The van der Waals surface area contributed by atoms with Crippen LogP contribution in [0.15, 0.2) is 23.1 Å². The predicted molar refractivity (Wildman–Crippen MR) is 91.9 cm³/mol. The molecule has 24 heavy (non-hydrogen) atoms. The first-order chi connectivity index (χ1) is 11.4. The van der Waals surface area contributed by atoms with Crippen LogP contribution in [-0.4, -0.2) is 41.4 Å². The van der Waals surface area contributed by atoms with Gasteiger partial charge in [0.15, 0.2) is 0 Å². The van der Waals surface area contributed by atoms with Crippen molar-refractivity contribution in [2.24, 2.45) is 5.73 Å². The molecular weight excluding hydrogens is 330 g/mol. The third-order valence-electron chi connectivity index (χ3n) is 4.00. The Morgan fingerprint density at radius 3 is 2.83 bits per heavy atom. The summed E-state index contributed by atoms with van der Waals surface area (Å²) >= 11 is 0.810. The van der Waals surface area contributed by atoms with Crippen molar-refractivity contribution in [1.82, 2.24) is 5.32 Å². The number of carbonyl (C=O) groups excluding carboxylic acids is 2. The number of thioether (sulfide) groups is 1. The van der Waals surface area contributed by atoms with E-state index in [1.807, 2.05) is 0 Å². The highest BCUT2D eigenvalue weighted by Crippen LogP contribution is 2.31. The maximum atomic E-state index is 11.8. The fourth-order valence-corrected chi connectivity index (χ4v) is 3.56. The fraction of sp³-hybridized carbons (Fsp3) is 0.312. The summed E-state index contributed by atoms with van der Waals surface area (Å²) in [6, 6.07) is 4.84. The Bertz CT molecular complexity index is 747. The third-order valence-corrected chi connectivity index (χ3v) is 4.81. The second-order valence-corrected chi connectivity index (χ2v) is 6.79. The molecule has 3 rings (SSSR count). The predicted octanol–water partition coefficient (Wildman–Crippen LogP) is 1.64. The minimum absolute atomic E-state index is 0.0594. The van der Waals surface area contributed by atoms with Gasteiger partial charge in [-0.25, -0.2) is 4.79 Å². The van der Waals surface area contributed by atoms with Crippen molar-refractivity contribution in [3.63, 3.8) is 0 Å². The number of benzene rings is 1. The molecule has 4 N–H and O–H groups in total. The lowest BCUT2D eigenvalue weighted by Gasteiger charge is -2.33. The first kappa shape index (κ1) is 16.5. The maximum Gasteiger partial charge on any atom is 0.335 e. The van der Waals surface area contributed by atoms with Crippen LogP contribution in [0.2, 0.25) is 0 Å². The molecule has 0 spiro atoms. The van der Waals surface area contributed by atoms with Gasteiger partial charge in [0.2, 0.25) is 0 Å². The van der Waals surface area contributed by atoms with Gasteiger partial charge in [0.25, 0.3) is 11.1 Å². The molecule has 1 atom stereocenters. The number of nitrogens with one attached hydrogen (secondary N) is 1. The molecule has 0 bridgehead atoms. The molecule has 0 saturated carbocycles. The molecule has 2 amide bonds. The number of hydrogen-bond donors (Lipinski definition) is 3. The number of aromatic carboxylic acids is 1. The van der Waals surface area contributed by atoms with Gasteiger partial charge in [-0.2, -0.15) is 0 Å². The van der Waals surface area contributed by atoms with Crippen LogP contribution in [0.4, 0.5) is 10.5 Å². The molecule has 2 saturated heterocycles. The van der Waals surface area contributed by atoms with Crippen molar-refractivity contribution in [2.45, 2.75) is 18.9 Å². The largest absolute Gasteiger partial charge is 0.478 e. The van der Waals surface area contributed by atoms with Crippen LogP contribution in [0.3, 0.4) is 0 Å². The number of amides is 2. The molecule has 0 radical (unpaired) electrons. The van der Waals surface area contributed by atoms with Crippen molar-refractivity contribution < 1.29 is 19.5 Å². The van der Waals surface area contributed by atoms with Gasteiger partial charge in [-0.15, -0.1) is 0 Å². The molecule has 2 aliphatic rings. The van der Waals surface area contributed by atoms with Gasteiger partial charge in [-0.1, -0.05) is 0 Å². The Morgan fingerprint density at radius 2 is 2.21 bits per heavy atom. The van der Waals surface area contributed by atoms with Crippen molar-refractivity contribution in [3.05, 3.63) is 34.2 Å². The number of imide groups is 1. The Morgan fingerprint density at radius 1 is 1.42 bits per heavy atom. The molecule has 2 fully saturated rings. The number of carboxylic acids is 1. The molecule has 0 aromatic heterocycles. The summed E-state index contributed by atoms with van der Waals surface area (Å²) in [5.74, 6) is -1.51. The van der Waals surface area contributed by atoms with Gasteiger partial charge in [-0.05, 0) is 54.4 Å². The van der Waals surface area contributed by atoms with Gasteiger partial charge >= 0.3 is 5.97 Å². The maximum absolute atomic E-state index is 11.8. The average Bonchev–Trinajstić information content (AvgIpc) is 2.84. The van der Waals surface area contributed by atoms with Crippen LogP contribution in [0.1, 0.15) is 28.8 Å². The smallest absolute Gasteiger partial charge is 0.335 e. The molecule has 1 aromatic rings. The topological polar surface area (TPSA) is 113 Å². The highest BCUT2D eigenvalue weighted by atomic mass is 32.2. The van der Waals surface area contributed by atoms with Crippen LogP contribution in [0, 0.1) is 0 Å². The number of piperidine rings is 1. The molecule has 2 aliphatic heterocycles. The van der Waals surface area contributed by atoms with E-state index in [1.54, 1.807) is 12.1 Å². The van der Waals surface area contributed by atoms with Gasteiger partial charge in [0, 0.05) is 24.8 Å². The van der Waals surface area contributed by atoms with E-state index in [1.165, 1.54) is 12.1 Å². The first-order valence-electron chi connectivity index (χ1n) is 7.57. The number of anilines is 1. The van der Waals surface area contributed by atoms with Crippen LogP contribution in [0.5, 0.6) is 0 Å². The van der Waals surface area contributed by atoms with E-state index in [0.29, 0.717) is 12.1 Å². The van der Waals surface area contributed by atoms with Crippen LogP contribution < -0.4 is 16.0 Å². The van der Waals surface area contributed by atoms with Crippen molar-refractivity contribution in [2.75, 3.05) is 18.0 Å². The fourth-order valence-electron chi connectivity index (χ4n) is 2.88. The molecular formula is C16H17N3O4S. The minimum atomic E-state index is -1.05. The summed E-state index contributed by atoms with van der Waals surface area (Å²) in [4.78, 5) is 36.7. The van der Waals surface area contributed by atoms with Crippen LogP contribution in [0.25, 0.3) is 6.08 Å². The lowest BCUT2D eigenvalue weighted by Crippen LogP contribution is -2.43. The molecule has 1 aromatic carbocycles. The first-order valence-corrected chi connectivity index (χ1v) is 8.38. The SMILES string of the molecule is NC1CCCN(c2ccc(C(=O)O)cc2C=C2SC(=O)NC2=O)C1. The highest BCUT2D eigenvalue weighted by Gasteiger charge is 2.26. The average molecular weight is 347 g/mol. The molecule has 126 valence electrons. The summed E-state index contributed by atoms with van der Waals surface area (Å²) in [6.07, 6.45) is 3.46. The molecule has 1 unspecified atom stereocenters. The zero-order valence-corrected chi connectivity index (χ0v) is 13.6. The normalized spacial score (nSPS) is 22.8. The van der Waals surface area contributed by atoms with Gasteiger partial charge in [-0.3, -0.25) is 14.9 Å². The number of rotatable bonds is 3. The Kier molecular flexibility index (Phi) is 4.59. The number of nitrogens with two attached hydrogens (primary N) is 1.